The van der Waals surface area contributed by atoms with E-state index in [4.69, 9.17) is 0 Å². The molecule has 1 aromatic heterocycles. The van der Waals surface area contributed by atoms with E-state index in [9.17, 15) is 9.59 Å². The van der Waals surface area contributed by atoms with Gasteiger partial charge in [-0.15, -0.1) is 0 Å². The molecule has 7 nitrogen and oxygen atoms in total. The summed E-state index contributed by atoms with van der Waals surface area (Å²) < 4.78 is 2.00. The van der Waals surface area contributed by atoms with Gasteiger partial charge < -0.3 is 15.1 Å². The van der Waals surface area contributed by atoms with E-state index in [1.807, 2.05) is 29.7 Å². The van der Waals surface area contributed by atoms with Crippen LogP contribution in [0.15, 0.2) is 6.07 Å². The molecule has 144 valence electrons. The van der Waals surface area contributed by atoms with Crippen LogP contribution in [0.3, 0.4) is 0 Å². The molecule has 2 aliphatic rings. The smallest absolute Gasteiger partial charge is 0.226 e. The van der Waals surface area contributed by atoms with Gasteiger partial charge in [0, 0.05) is 25.4 Å². The fourth-order valence-corrected chi connectivity index (χ4v) is 3.54. The van der Waals surface area contributed by atoms with E-state index in [1.165, 1.54) is 6.42 Å². The molecule has 1 aliphatic carbocycles. The van der Waals surface area contributed by atoms with Crippen molar-refractivity contribution in [2.75, 3.05) is 27.2 Å². The number of rotatable bonds is 7. The van der Waals surface area contributed by atoms with Crippen LogP contribution in [-0.2, 0) is 29.2 Å². The first kappa shape index (κ1) is 18.9. The van der Waals surface area contributed by atoms with Crippen LogP contribution in [0.4, 0.5) is 0 Å². The van der Waals surface area contributed by atoms with Crippen LogP contribution in [0.25, 0.3) is 0 Å². The molecule has 1 N–H and O–H groups in total. The average molecular weight is 361 g/mol. The van der Waals surface area contributed by atoms with Crippen molar-refractivity contribution in [3.8, 4) is 0 Å². The van der Waals surface area contributed by atoms with Crippen molar-refractivity contribution < 1.29 is 9.59 Å². The third kappa shape index (κ3) is 4.84. The van der Waals surface area contributed by atoms with Crippen LogP contribution in [0, 0.1) is 5.92 Å². The van der Waals surface area contributed by atoms with E-state index >= 15 is 0 Å². The number of hydrogen-bond donors (Lipinski definition) is 1. The lowest BCUT2D eigenvalue weighted by atomic mass is 9.84. The monoisotopic (exact) mass is 361 g/mol. The van der Waals surface area contributed by atoms with Gasteiger partial charge in [-0.1, -0.05) is 6.42 Å². The molecular weight excluding hydrogens is 330 g/mol. The van der Waals surface area contributed by atoms with Crippen LogP contribution in [0.5, 0.6) is 0 Å². The lowest BCUT2D eigenvalue weighted by molar-refractivity contribution is -0.138. The molecule has 0 atom stereocenters. The second-order valence-electron chi connectivity index (χ2n) is 7.77. The minimum Gasteiger partial charge on any atom is -0.350 e. The Bertz CT molecular complexity index is 636. The van der Waals surface area contributed by atoms with Gasteiger partial charge in [0.25, 0.3) is 0 Å². The van der Waals surface area contributed by atoms with Crippen molar-refractivity contribution in [2.24, 2.45) is 5.92 Å². The van der Waals surface area contributed by atoms with Crippen molar-refractivity contribution in [3.63, 3.8) is 0 Å². The summed E-state index contributed by atoms with van der Waals surface area (Å²) in [4.78, 5) is 28.6. The van der Waals surface area contributed by atoms with Crippen LogP contribution >= 0.6 is 0 Å². The highest BCUT2D eigenvalue weighted by molar-refractivity contribution is 5.79. The molecule has 1 fully saturated rings. The van der Waals surface area contributed by atoms with Gasteiger partial charge in [0.15, 0.2) is 0 Å². The Balaban J connectivity index is 1.51. The van der Waals surface area contributed by atoms with Crippen molar-refractivity contribution >= 4 is 11.8 Å². The van der Waals surface area contributed by atoms with E-state index < -0.39 is 0 Å². The molecule has 1 aromatic rings. The van der Waals surface area contributed by atoms with E-state index in [0.717, 1.165) is 56.7 Å². The summed E-state index contributed by atoms with van der Waals surface area (Å²) in [6.45, 7) is 3.66. The van der Waals surface area contributed by atoms with Gasteiger partial charge in [0.05, 0.1) is 24.5 Å². The number of carbonyl (C=O) groups is 2. The number of aromatic nitrogens is 2. The first-order chi connectivity index (χ1) is 12.5. The molecule has 0 aromatic carbocycles. The van der Waals surface area contributed by atoms with E-state index in [2.05, 4.69) is 15.3 Å². The number of aryl methyl sites for hydroxylation is 1. The number of nitrogens with zero attached hydrogens (tertiary/aromatic N) is 4. The highest BCUT2D eigenvalue weighted by Crippen LogP contribution is 2.29. The molecule has 0 bridgehead atoms. The molecule has 0 unspecified atom stereocenters. The summed E-state index contributed by atoms with van der Waals surface area (Å²) in [6, 6.07) is 2.03. The summed E-state index contributed by atoms with van der Waals surface area (Å²) in [5, 5.41) is 7.57. The summed E-state index contributed by atoms with van der Waals surface area (Å²) >= 11 is 0. The van der Waals surface area contributed by atoms with Gasteiger partial charge in [0.1, 0.15) is 0 Å². The molecule has 1 saturated carbocycles. The van der Waals surface area contributed by atoms with Gasteiger partial charge in [-0.2, -0.15) is 5.10 Å². The van der Waals surface area contributed by atoms with Gasteiger partial charge in [-0.05, 0) is 52.4 Å². The summed E-state index contributed by atoms with van der Waals surface area (Å²) in [5.41, 5.74) is 1.95. The summed E-state index contributed by atoms with van der Waals surface area (Å²) in [7, 11) is 4.02. The molecule has 7 heteroatoms. The third-order valence-corrected chi connectivity index (χ3v) is 5.31. The zero-order valence-electron chi connectivity index (χ0n) is 16.0. The Labute approximate surface area is 155 Å². The van der Waals surface area contributed by atoms with Gasteiger partial charge in [-0.3, -0.25) is 14.3 Å². The number of nitrogens with one attached hydrogen (secondary N) is 1. The fourth-order valence-electron chi connectivity index (χ4n) is 3.54. The van der Waals surface area contributed by atoms with E-state index in [-0.39, 0.29) is 11.8 Å². The van der Waals surface area contributed by atoms with Crippen LogP contribution < -0.4 is 5.32 Å². The van der Waals surface area contributed by atoms with Gasteiger partial charge in [-0.25, -0.2) is 0 Å². The van der Waals surface area contributed by atoms with Crippen LogP contribution in [0.2, 0.25) is 0 Å². The van der Waals surface area contributed by atoms with Crippen LogP contribution in [0.1, 0.15) is 49.9 Å². The van der Waals surface area contributed by atoms with E-state index in [0.29, 0.717) is 25.4 Å². The van der Waals surface area contributed by atoms with Crippen molar-refractivity contribution in [1.82, 2.24) is 24.9 Å². The Hall–Kier alpha value is -1.89. The minimum atomic E-state index is 0.0665. The number of carbonyl (C=O) groups excluding carboxylic acids is 2. The number of amides is 2. The Morgan fingerprint density at radius 1 is 1.27 bits per heavy atom. The zero-order valence-corrected chi connectivity index (χ0v) is 16.0. The predicted molar refractivity (Wildman–Crippen MR) is 99.2 cm³/mol. The predicted octanol–water partition coefficient (Wildman–Crippen LogP) is 1.37. The van der Waals surface area contributed by atoms with Gasteiger partial charge in [0.2, 0.25) is 11.8 Å². The maximum atomic E-state index is 12.5. The summed E-state index contributed by atoms with van der Waals surface area (Å²) in [6.07, 6.45) is 5.59. The molecule has 2 amide bonds. The lowest BCUT2D eigenvalue weighted by Gasteiger charge is -2.30. The lowest BCUT2D eigenvalue weighted by Crippen LogP contribution is -2.38. The molecule has 26 heavy (non-hydrogen) atoms. The van der Waals surface area contributed by atoms with Crippen LogP contribution in [-0.4, -0.2) is 58.6 Å². The van der Waals surface area contributed by atoms with Crippen molar-refractivity contribution in [2.45, 2.75) is 58.2 Å². The number of hydrogen-bond acceptors (Lipinski definition) is 4. The molecule has 3 rings (SSSR count). The fraction of sp³-hybridized carbons (Fsp3) is 0.737. The second-order valence-corrected chi connectivity index (χ2v) is 7.77. The van der Waals surface area contributed by atoms with Crippen molar-refractivity contribution in [1.29, 1.82) is 0 Å². The normalized spacial score (nSPS) is 17.6. The topological polar surface area (TPSA) is 70.5 Å². The first-order valence-electron chi connectivity index (χ1n) is 9.79. The highest BCUT2D eigenvalue weighted by atomic mass is 16.2. The first-order valence-corrected chi connectivity index (χ1v) is 9.79. The second kappa shape index (κ2) is 8.66. The average Bonchev–Trinajstić information content (AvgIpc) is 2.81. The minimum absolute atomic E-state index is 0.0665. The molecule has 1 aliphatic heterocycles. The maximum Gasteiger partial charge on any atom is 0.226 e. The number of fused-ring (bicyclic) bond motifs is 1. The SMILES string of the molecule is CN(C)CCCC(=O)NCc1cc2n(n1)CCCN(C(=O)C1CCC1)C2. The molecule has 2 heterocycles. The Kier molecular flexibility index (Phi) is 6.29. The third-order valence-electron chi connectivity index (χ3n) is 5.31. The molecule has 0 saturated heterocycles. The Morgan fingerprint density at radius 3 is 2.77 bits per heavy atom. The highest BCUT2D eigenvalue weighted by Gasteiger charge is 2.30. The van der Waals surface area contributed by atoms with Crippen molar-refractivity contribution in [3.05, 3.63) is 17.5 Å². The van der Waals surface area contributed by atoms with Gasteiger partial charge >= 0.3 is 0 Å². The standard InChI is InChI=1S/C19H31N5O2/c1-22(2)9-4-8-18(25)20-13-16-12-17-14-23(10-5-11-24(17)21-16)19(26)15-6-3-7-15/h12,15H,3-11,13-14H2,1-2H3,(H,20,25). The molecule has 0 radical (unpaired) electrons. The summed E-state index contributed by atoms with van der Waals surface area (Å²) in [5.74, 6) is 0.615. The zero-order chi connectivity index (χ0) is 18.5. The maximum absolute atomic E-state index is 12.5. The largest absolute Gasteiger partial charge is 0.350 e. The molecule has 0 spiro atoms. The Morgan fingerprint density at radius 2 is 2.08 bits per heavy atom. The molecular formula is C19H31N5O2. The quantitative estimate of drug-likeness (QED) is 0.796. The van der Waals surface area contributed by atoms with E-state index in [1.54, 1.807) is 0 Å².